The molecule has 2 aliphatic rings. The van der Waals surface area contributed by atoms with Gasteiger partial charge in [0.1, 0.15) is 18.0 Å². The standard InChI is InChI=1S/C26H33N5O4/c1-26(2,35-3)25(34)31(21-7-5-10-27-15-21)16-23(33)29-20-9-8-17-12-18-6-4-11-28-24(18)30-22(32)14-19(17)13-20/h4,6,8-9,11,13,21,27H,5,7,10,12,14-16H2,1-3H3,(H,29,33)(H,28,30,32)/t21-/m0/s1. The Morgan fingerprint density at radius 3 is 2.77 bits per heavy atom. The number of aromatic nitrogens is 1. The Hall–Kier alpha value is -3.30. The summed E-state index contributed by atoms with van der Waals surface area (Å²) in [5.41, 5.74) is 2.36. The molecule has 2 aliphatic heterocycles. The van der Waals surface area contributed by atoms with E-state index >= 15 is 0 Å². The normalized spacial score (nSPS) is 17.8. The van der Waals surface area contributed by atoms with Gasteiger partial charge in [0.2, 0.25) is 11.8 Å². The molecule has 0 radical (unpaired) electrons. The number of hydrogen-bond acceptors (Lipinski definition) is 6. The van der Waals surface area contributed by atoms with Crippen molar-refractivity contribution in [3.63, 3.8) is 0 Å². The van der Waals surface area contributed by atoms with E-state index in [1.54, 1.807) is 24.9 Å². The van der Waals surface area contributed by atoms with Gasteiger partial charge >= 0.3 is 0 Å². The number of anilines is 2. The Morgan fingerprint density at radius 2 is 2.03 bits per heavy atom. The fraction of sp³-hybridized carbons (Fsp3) is 0.462. The molecule has 0 saturated carbocycles. The van der Waals surface area contributed by atoms with E-state index in [2.05, 4.69) is 20.9 Å². The zero-order chi connectivity index (χ0) is 25.0. The van der Waals surface area contributed by atoms with Gasteiger partial charge in [-0.1, -0.05) is 12.1 Å². The minimum atomic E-state index is -1.03. The molecule has 1 fully saturated rings. The van der Waals surface area contributed by atoms with Crippen LogP contribution in [0.5, 0.6) is 0 Å². The smallest absolute Gasteiger partial charge is 0.254 e. The van der Waals surface area contributed by atoms with E-state index in [1.807, 2.05) is 30.3 Å². The fourth-order valence-electron chi connectivity index (χ4n) is 4.54. The Morgan fingerprint density at radius 1 is 1.20 bits per heavy atom. The van der Waals surface area contributed by atoms with Gasteiger partial charge in [-0.2, -0.15) is 0 Å². The van der Waals surface area contributed by atoms with Crippen LogP contribution in [0.1, 0.15) is 43.4 Å². The van der Waals surface area contributed by atoms with E-state index in [0.717, 1.165) is 36.1 Å². The zero-order valence-corrected chi connectivity index (χ0v) is 20.5. The Bertz CT molecular complexity index is 1110. The van der Waals surface area contributed by atoms with Gasteiger partial charge in [-0.05, 0) is 68.1 Å². The highest BCUT2D eigenvalue weighted by molar-refractivity contribution is 5.97. The molecule has 0 aliphatic carbocycles. The van der Waals surface area contributed by atoms with Gasteiger partial charge in [0.25, 0.3) is 5.91 Å². The van der Waals surface area contributed by atoms with Gasteiger partial charge in [0.05, 0.1) is 6.42 Å². The molecule has 1 aromatic heterocycles. The molecule has 0 bridgehead atoms. The van der Waals surface area contributed by atoms with Crippen molar-refractivity contribution in [3.8, 4) is 0 Å². The van der Waals surface area contributed by atoms with Gasteiger partial charge in [-0.3, -0.25) is 14.4 Å². The van der Waals surface area contributed by atoms with Crippen molar-refractivity contribution >= 4 is 29.2 Å². The zero-order valence-electron chi connectivity index (χ0n) is 20.5. The van der Waals surface area contributed by atoms with Crippen molar-refractivity contribution in [2.75, 3.05) is 37.4 Å². The minimum Gasteiger partial charge on any atom is -0.369 e. The molecule has 1 saturated heterocycles. The Balaban J connectivity index is 1.51. The van der Waals surface area contributed by atoms with E-state index in [-0.39, 0.29) is 36.7 Å². The maximum atomic E-state index is 13.2. The van der Waals surface area contributed by atoms with Crippen molar-refractivity contribution in [1.29, 1.82) is 0 Å². The number of nitrogens with one attached hydrogen (secondary N) is 3. The number of benzene rings is 1. The van der Waals surface area contributed by atoms with Crippen molar-refractivity contribution in [2.45, 2.75) is 51.2 Å². The van der Waals surface area contributed by atoms with Crippen molar-refractivity contribution in [1.82, 2.24) is 15.2 Å². The number of carbonyl (C=O) groups excluding carboxylic acids is 3. The number of amides is 3. The average Bonchev–Trinajstić information content (AvgIpc) is 2.84. The molecule has 0 unspecified atom stereocenters. The Labute approximate surface area is 205 Å². The van der Waals surface area contributed by atoms with Crippen LogP contribution in [-0.4, -0.2) is 66.0 Å². The SMILES string of the molecule is COC(C)(C)C(=O)N(CC(=O)Nc1ccc2c(c1)CC(=O)Nc1ncccc1C2)[C@H]1CCCNC1. The van der Waals surface area contributed by atoms with Crippen LogP contribution >= 0.6 is 0 Å². The van der Waals surface area contributed by atoms with Gasteiger partial charge in [-0.15, -0.1) is 0 Å². The molecule has 1 aromatic carbocycles. The number of carbonyl (C=O) groups is 3. The summed E-state index contributed by atoms with van der Waals surface area (Å²) < 4.78 is 5.40. The summed E-state index contributed by atoms with van der Waals surface area (Å²) in [6, 6.07) is 9.31. The van der Waals surface area contributed by atoms with E-state index in [1.165, 1.54) is 7.11 Å². The van der Waals surface area contributed by atoms with Crippen molar-refractivity contribution < 1.29 is 19.1 Å². The van der Waals surface area contributed by atoms with Crippen LogP contribution < -0.4 is 16.0 Å². The highest BCUT2D eigenvalue weighted by atomic mass is 16.5. The van der Waals surface area contributed by atoms with Crippen LogP contribution in [0.15, 0.2) is 36.5 Å². The van der Waals surface area contributed by atoms with Crippen LogP contribution in [0.25, 0.3) is 0 Å². The quantitative estimate of drug-likeness (QED) is 0.585. The maximum absolute atomic E-state index is 13.2. The first-order chi connectivity index (χ1) is 16.8. The van der Waals surface area contributed by atoms with Gasteiger partial charge in [0.15, 0.2) is 0 Å². The summed E-state index contributed by atoms with van der Waals surface area (Å²) in [5.74, 6) is -0.0780. The van der Waals surface area contributed by atoms with Crippen LogP contribution in [0.3, 0.4) is 0 Å². The summed E-state index contributed by atoms with van der Waals surface area (Å²) in [6.45, 7) is 4.90. The summed E-state index contributed by atoms with van der Waals surface area (Å²) in [5, 5.41) is 9.09. The maximum Gasteiger partial charge on any atom is 0.254 e. The molecule has 9 nitrogen and oxygen atoms in total. The third-order valence-corrected chi connectivity index (χ3v) is 6.68. The second-order valence-electron chi connectivity index (χ2n) is 9.59. The number of piperidine rings is 1. The molecular weight excluding hydrogens is 446 g/mol. The third kappa shape index (κ3) is 5.86. The van der Waals surface area contributed by atoms with E-state index in [9.17, 15) is 14.4 Å². The van der Waals surface area contributed by atoms with E-state index < -0.39 is 5.60 Å². The summed E-state index contributed by atoms with van der Waals surface area (Å²) in [7, 11) is 1.50. The molecule has 3 amide bonds. The lowest BCUT2D eigenvalue weighted by molar-refractivity contribution is -0.155. The molecular formula is C26H33N5O4. The summed E-state index contributed by atoms with van der Waals surface area (Å²) >= 11 is 0. The second kappa shape index (κ2) is 10.5. The molecule has 0 spiro atoms. The first-order valence-corrected chi connectivity index (χ1v) is 12.0. The Kier molecular flexibility index (Phi) is 7.47. The molecule has 1 atom stereocenters. The number of pyridine rings is 1. The predicted octanol–water partition coefficient (Wildman–Crippen LogP) is 2.11. The third-order valence-electron chi connectivity index (χ3n) is 6.68. The lowest BCUT2D eigenvalue weighted by atomic mass is 9.95. The van der Waals surface area contributed by atoms with Crippen LogP contribution in [0.2, 0.25) is 0 Å². The highest BCUT2D eigenvalue weighted by Crippen LogP contribution is 2.26. The lowest BCUT2D eigenvalue weighted by Gasteiger charge is -2.38. The molecule has 9 heteroatoms. The van der Waals surface area contributed by atoms with E-state index in [4.69, 9.17) is 4.74 Å². The van der Waals surface area contributed by atoms with Crippen LogP contribution in [-0.2, 0) is 32.0 Å². The highest BCUT2D eigenvalue weighted by Gasteiger charge is 2.37. The van der Waals surface area contributed by atoms with Gasteiger partial charge < -0.3 is 25.6 Å². The number of fused-ring (bicyclic) bond motifs is 2. The summed E-state index contributed by atoms with van der Waals surface area (Å²) in [6.07, 6.45) is 4.25. The number of hydrogen-bond donors (Lipinski definition) is 3. The minimum absolute atomic E-state index is 0.0748. The van der Waals surface area contributed by atoms with Crippen LogP contribution in [0, 0.1) is 0 Å². The van der Waals surface area contributed by atoms with Crippen molar-refractivity contribution in [3.05, 3.63) is 53.2 Å². The molecule has 4 rings (SSSR count). The largest absolute Gasteiger partial charge is 0.369 e. The number of nitrogens with zero attached hydrogens (tertiary/aromatic N) is 2. The number of ether oxygens (including phenoxy) is 1. The first-order valence-electron chi connectivity index (χ1n) is 12.0. The topological polar surface area (TPSA) is 113 Å². The summed E-state index contributed by atoms with van der Waals surface area (Å²) in [4.78, 5) is 44.7. The van der Waals surface area contributed by atoms with E-state index in [0.29, 0.717) is 24.5 Å². The van der Waals surface area contributed by atoms with Gasteiger partial charge in [-0.25, -0.2) is 4.98 Å². The lowest BCUT2D eigenvalue weighted by Crippen LogP contribution is -2.56. The fourth-order valence-corrected chi connectivity index (χ4v) is 4.54. The molecule has 186 valence electrons. The van der Waals surface area contributed by atoms with Crippen molar-refractivity contribution in [2.24, 2.45) is 0 Å². The monoisotopic (exact) mass is 479 g/mol. The molecule has 35 heavy (non-hydrogen) atoms. The number of methoxy groups -OCH3 is 1. The first kappa shape index (κ1) is 24.8. The molecule has 2 aromatic rings. The van der Waals surface area contributed by atoms with Gasteiger partial charge in [0, 0.05) is 38.0 Å². The number of rotatable bonds is 6. The molecule has 3 N–H and O–H groups in total. The average molecular weight is 480 g/mol. The predicted molar refractivity (Wildman–Crippen MR) is 133 cm³/mol. The second-order valence-corrected chi connectivity index (χ2v) is 9.59. The van der Waals surface area contributed by atoms with Crippen LogP contribution in [0.4, 0.5) is 11.5 Å². The molecule has 3 heterocycles.